The maximum atomic E-state index is 4.99. The summed E-state index contributed by atoms with van der Waals surface area (Å²) in [6.45, 7) is 4.89. The van der Waals surface area contributed by atoms with Gasteiger partial charge in [0.05, 0.1) is 5.41 Å². The summed E-state index contributed by atoms with van der Waals surface area (Å²) in [4.78, 5) is 17.5. The van der Waals surface area contributed by atoms with Crippen molar-refractivity contribution < 1.29 is 0 Å². The van der Waals surface area contributed by atoms with Crippen molar-refractivity contribution in [2.24, 2.45) is 0 Å². The van der Waals surface area contributed by atoms with Crippen LogP contribution in [0.4, 0.5) is 0 Å². The van der Waals surface area contributed by atoms with Gasteiger partial charge >= 0.3 is 0 Å². The van der Waals surface area contributed by atoms with E-state index in [4.69, 9.17) is 21.5 Å². The van der Waals surface area contributed by atoms with Crippen molar-refractivity contribution in [1.29, 1.82) is 0 Å². The maximum Gasteiger partial charge on any atom is 0.164 e. The third kappa shape index (κ3) is 6.02. The molecule has 10 aromatic rings. The second-order valence-electron chi connectivity index (χ2n) is 17.5. The van der Waals surface area contributed by atoms with Crippen molar-refractivity contribution in [3.63, 3.8) is 0 Å². The summed E-state index contributed by atoms with van der Waals surface area (Å²) in [6, 6.07) is 79.3. The van der Waals surface area contributed by atoms with Crippen LogP contribution in [0.25, 0.3) is 67.5 Å². The highest BCUT2D eigenvalue weighted by Crippen LogP contribution is 2.63. The lowest BCUT2D eigenvalue weighted by atomic mass is 9.66. The highest BCUT2D eigenvalue weighted by atomic mass is 32.2. The number of allylic oxidation sites excluding steroid dienone is 1. The van der Waals surface area contributed by atoms with Gasteiger partial charge in [-0.2, -0.15) is 0 Å². The molecule has 1 aliphatic heterocycles. The van der Waals surface area contributed by atoms with Crippen LogP contribution in [-0.4, -0.2) is 15.0 Å². The molecule has 0 fully saturated rings. The lowest BCUT2D eigenvalue weighted by Crippen LogP contribution is -2.32. The first-order valence-corrected chi connectivity index (χ1v) is 23.4. The molecule has 4 heteroatoms. The minimum Gasteiger partial charge on any atom is -0.208 e. The van der Waals surface area contributed by atoms with Gasteiger partial charge in [-0.05, 0) is 103 Å². The molecule has 0 saturated heterocycles. The summed E-state index contributed by atoms with van der Waals surface area (Å²) < 4.78 is 0. The third-order valence-corrected chi connectivity index (χ3v) is 15.0. The Kier molecular flexibility index (Phi) is 8.97. The fourth-order valence-corrected chi connectivity index (χ4v) is 12.1. The molecule has 1 unspecified atom stereocenters. The molecule has 0 amide bonds. The van der Waals surface area contributed by atoms with Crippen molar-refractivity contribution in [3.05, 3.63) is 269 Å². The van der Waals surface area contributed by atoms with E-state index in [2.05, 4.69) is 158 Å². The van der Waals surface area contributed by atoms with Gasteiger partial charge in [0.2, 0.25) is 0 Å². The van der Waals surface area contributed by atoms with Crippen molar-refractivity contribution in [2.45, 2.75) is 27.5 Å². The SMILES string of the molecule is C=C1Cc2cc(-c3ccc(-c4nc(-c5ccccc5)nc(-c5ccccc5)n4)cc3)ccc2-c2cc3c(cc2C1c1ccccc1)-c1ccccc1C31c2ccccc2Sc2ccccc21. The third-order valence-electron chi connectivity index (χ3n) is 13.9. The van der Waals surface area contributed by atoms with Gasteiger partial charge in [-0.15, -0.1) is 0 Å². The van der Waals surface area contributed by atoms with E-state index in [0.29, 0.717) is 17.5 Å². The average Bonchev–Trinajstić information content (AvgIpc) is 3.59. The molecule has 2 heterocycles. The standard InChI is InChI=1S/C62H41N3S/c1-39-35-46-36-45(40-29-31-44(32-30-40)61-64-59(42-19-7-3-8-20-42)63-60(65-61)43-21-9-4-10-22-43)33-34-47(46)49-38-55-50(37-51(49)58(39)41-17-5-2-6-18-41)48-23-11-12-24-52(48)62(55)53-25-13-15-27-56(53)66-57-28-16-14-26-54(57)62/h2-34,36-38,58H,1,35H2. The van der Waals surface area contributed by atoms with Gasteiger partial charge in [-0.1, -0.05) is 218 Å². The summed E-state index contributed by atoms with van der Waals surface area (Å²) >= 11 is 1.89. The normalized spacial score (nSPS) is 14.8. The largest absolute Gasteiger partial charge is 0.208 e. The lowest BCUT2D eigenvalue weighted by Gasteiger charge is -2.40. The van der Waals surface area contributed by atoms with Gasteiger partial charge in [0.1, 0.15) is 0 Å². The van der Waals surface area contributed by atoms with Crippen molar-refractivity contribution in [1.82, 2.24) is 15.0 Å². The smallest absolute Gasteiger partial charge is 0.164 e. The fourth-order valence-electron chi connectivity index (χ4n) is 10.9. The topological polar surface area (TPSA) is 38.7 Å². The number of fused-ring (bicyclic) bond motifs is 12. The number of rotatable bonds is 5. The first kappa shape index (κ1) is 38.5. The quantitative estimate of drug-likeness (QED) is 0.162. The van der Waals surface area contributed by atoms with Gasteiger partial charge < -0.3 is 0 Å². The van der Waals surface area contributed by atoms with E-state index in [9.17, 15) is 0 Å². The Morgan fingerprint density at radius 1 is 0.394 bits per heavy atom. The van der Waals surface area contributed by atoms with Crippen LogP contribution in [0.3, 0.4) is 0 Å². The Balaban J connectivity index is 0.966. The van der Waals surface area contributed by atoms with Gasteiger partial charge in [0, 0.05) is 32.4 Å². The molecule has 3 nitrogen and oxygen atoms in total. The van der Waals surface area contributed by atoms with E-state index in [0.717, 1.165) is 34.2 Å². The van der Waals surface area contributed by atoms with Crippen molar-refractivity contribution in [2.75, 3.05) is 0 Å². The van der Waals surface area contributed by atoms with Crippen LogP contribution in [0.5, 0.6) is 0 Å². The highest BCUT2D eigenvalue weighted by Gasteiger charge is 2.50. The molecule has 1 atom stereocenters. The summed E-state index contributed by atoms with van der Waals surface area (Å²) in [5, 5.41) is 0. The Labute approximate surface area is 389 Å². The van der Waals surface area contributed by atoms with Crippen LogP contribution in [-0.2, 0) is 11.8 Å². The van der Waals surface area contributed by atoms with Crippen LogP contribution in [0.2, 0.25) is 0 Å². The zero-order valence-electron chi connectivity index (χ0n) is 36.0. The Morgan fingerprint density at radius 3 is 1.52 bits per heavy atom. The zero-order chi connectivity index (χ0) is 43.8. The molecule has 66 heavy (non-hydrogen) atoms. The molecule has 3 aliphatic rings. The summed E-state index contributed by atoms with van der Waals surface area (Å²) in [7, 11) is 0. The average molecular weight is 860 g/mol. The predicted octanol–water partition coefficient (Wildman–Crippen LogP) is 15.3. The van der Waals surface area contributed by atoms with E-state index < -0.39 is 5.41 Å². The second kappa shape index (κ2) is 15.4. The van der Waals surface area contributed by atoms with E-state index >= 15 is 0 Å². The van der Waals surface area contributed by atoms with Crippen LogP contribution >= 0.6 is 11.8 Å². The fraction of sp³-hybridized carbons (Fsp3) is 0.0484. The molecule has 0 N–H and O–H groups in total. The molecule has 13 rings (SSSR count). The number of hydrogen-bond acceptors (Lipinski definition) is 4. The highest BCUT2D eigenvalue weighted by molar-refractivity contribution is 7.99. The molecule has 1 aromatic heterocycles. The Hall–Kier alpha value is -7.92. The number of hydrogen-bond donors (Lipinski definition) is 0. The van der Waals surface area contributed by atoms with Gasteiger partial charge in [0.15, 0.2) is 17.5 Å². The van der Waals surface area contributed by atoms with E-state index in [1.165, 1.54) is 76.6 Å². The number of nitrogens with zero attached hydrogens (tertiary/aromatic N) is 3. The molecular formula is C62H41N3S. The van der Waals surface area contributed by atoms with E-state index in [1.54, 1.807) is 0 Å². The Morgan fingerprint density at radius 2 is 0.894 bits per heavy atom. The molecule has 2 aliphatic carbocycles. The number of benzene rings is 9. The summed E-state index contributed by atoms with van der Waals surface area (Å²) in [6.07, 6.45) is 0.763. The van der Waals surface area contributed by atoms with Crippen molar-refractivity contribution >= 4 is 11.8 Å². The second-order valence-corrected chi connectivity index (χ2v) is 18.6. The van der Waals surface area contributed by atoms with Crippen molar-refractivity contribution in [3.8, 4) is 67.5 Å². The zero-order valence-corrected chi connectivity index (χ0v) is 36.8. The summed E-state index contributed by atoms with van der Waals surface area (Å²) in [5.41, 5.74) is 20.3. The minimum atomic E-state index is -0.463. The predicted molar refractivity (Wildman–Crippen MR) is 270 cm³/mol. The summed E-state index contributed by atoms with van der Waals surface area (Å²) in [5.74, 6) is 1.97. The lowest BCUT2D eigenvalue weighted by molar-refractivity contribution is 0.722. The van der Waals surface area contributed by atoms with Gasteiger partial charge in [-0.25, -0.2) is 15.0 Å². The molecule has 0 saturated carbocycles. The molecule has 0 bridgehead atoms. The number of aromatic nitrogens is 3. The van der Waals surface area contributed by atoms with E-state index in [1.807, 2.05) is 72.4 Å². The molecule has 0 radical (unpaired) electrons. The van der Waals surface area contributed by atoms with Gasteiger partial charge in [-0.3, -0.25) is 0 Å². The van der Waals surface area contributed by atoms with Crippen LogP contribution in [0, 0.1) is 0 Å². The first-order valence-electron chi connectivity index (χ1n) is 22.6. The first-order chi connectivity index (χ1) is 32.6. The monoisotopic (exact) mass is 859 g/mol. The van der Waals surface area contributed by atoms with E-state index in [-0.39, 0.29) is 5.92 Å². The Bertz CT molecular complexity index is 3440. The van der Waals surface area contributed by atoms with Crippen LogP contribution in [0.15, 0.2) is 240 Å². The van der Waals surface area contributed by atoms with Crippen LogP contribution < -0.4 is 0 Å². The maximum absolute atomic E-state index is 4.99. The molecule has 1 spiro atoms. The van der Waals surface area contributed by atoms with Crippen LogP contribution in [0.1, 0.15) is 44.9 Å². The molecular weight excluding hydrogens is 819 g/mol. The minimum absolute atomic E-state index is 0.0220. The molecule has 310 valence electrons. The molecule has 9 aromatic carbocycles. The van der Waals surface area contributed by atoms with Gasteiger partial charge in [0.25, 0.3) is 0 Å².